The molecule has 1 atom stereocenters. The molecule has 2 amide bonds. The van der Waals surface area contributed by atoms with Gasteiger partial charge in [0.05, 0.1) is 39.6 Å². The Bertz CT molecular complexity index is 748. The van der Waals surface area contributed by atoms with Crippen molar-refractivity contribution in [3.05, 3.63) is 29.0 Å². The fraction of sp³-hybridized carbons (Fsp3) is 0.474. The Morgan fingerprint density at radius 3 is 2.07 bits per heavy atom. The van der Waals surface area contributed by atoms with E-state index in [0.29, 0.717) is 34.1 Å². The van der Waals surface area contributed by atoms with Gasteiger partial charge in [0.15, 0.2) is 11.5 Å². The minimum Gasteiger partial charge on any atom is -0.493 e. The summed E-state index contributed by atoms with van der Waals surface area (Å²) in [5.41, 5.74) is 1.57. The van der Waals surface area contributed by atoms with Gasteiger partial charge in [-0.1, -0.05) is 0 Å². The maximum atomic E-state index is 12.7. The number of methoxy groups -OCH3 is 3. The average molecular weight is 378 g/mol. The van der Waals surface area contributed by atoms with Gasteiger partial charge >= 0.3 is 12.0 Å². The molecule has 2 rings (SSSR count). The van der Waals surface area contributed by atoms with Crippen LogP contribution in [-0.2, 0) is 9.53 Å². The van der Waals surface area contributed by atoms with Gasteiger partial charge in [-0.15, -0.1) is 0 Å². The van der Waals surface area contributed by atoms with Crippen LogP contribution in [0.25, 0.3) is 0 Å². The Hall–Kier alpha value is -2.90. The van der Waals surface area contributed by atoms with Crippen molar-refractivity contribution in [2.75, 3.05) is 42.0 Å². The van der Waals surface area contributed by atoms with Crippen molar-refractivity contribution in [3.8, 4) is 17.2 Å². The lowest BCUT2D eigenvalue weighted by molar-refractivity contribution is -0.139. The van der Waals surface area contributed by atoms with E-state index >= 15 is 0 Å². The number of esters is 1. The first-order chi connectivity index (χ1) is 12.8. The zero-order valence-electron chi connectivity index (χ0n) is 16.8. The highest BCUT2D eigenvalue weighted by atomic mass is 16.5. The lowest BCUT2D eigenvalue weighted by Crippen LogP contribution is -2.47. The van der Waals surface area contributed by atoms with Crippen LogP contribution < -0.4 is 14.2 Å². The minimum absolute atomic E-state index is 0.235. The van der Waals surface area contributed by atoms with Gasteiger partial charge in [0, 0.05) is 19.8 Å². The molecule has 1 aromatic rings. The van der Waals surface area contributed by atoms with Crippen LogP contribution >= 0.6 is 0 Å². The van der Waals surface area contributed by atoms with Crippen LogP contribution in [0.5, 0.6) is 17.2 Å². The third-order valence-electron chi connectivity index (χ3n) is 4.64. The Labute approximate surface area is 159 Å². The largest absolute Gasteiger partial charge is 0.493 e. The normalized spacial score (nSPS) is 17.1. The molecule has 1 heterocycles. The number of carbonyl (C=O) groups excluding carboxylic acids is 2. The SMILES string of the molecule is CCOC(=O)C1=C(C)N(C)C(=O)N(C)[C@@H]1c1cc(OC)c(OC)c(OC)c1. The van der Waals surface area contributed by atoms with Crippen molar-refractivity contribution in [2.45, 2.75) is 19.9 Å². The van der Waals surface area contributed by atoms with Crippen LogP contribution in [0.2, 0.25) is 0 Å². The number of nitrogens with zero attached hydrogens (tertiary/aromatic N) is 2. The molecule has 0 bridgehead atoms. The van der Waals surface area contributed by atoms with Crippen LogP contribution in [0.4, 0.5) is 4.79 Å². The molecule has 8 nitrogen and oxygen atoms in total. The van der Waals surface area contributed by atoms with Gasteiger partial charge in [0.2, 0.25) is 5.75 Å². The first kappa shape index (κ1) is 20.4. The number of likely N-dealkylation sites (N-methyl/N-ethyl adjacent to an activating group) is 1. The lowest BCUT2D eigenvalue weighted by atomic mass is 9.93. The zero-order valence-corrected chi connectivity index (χ0v) is 16.8. The van der Waals surface area contributed by atoms with Gasteiger partial charge in [0.25, 0.3) is 0 Å². The summed E-state index contributed by atoms with van der Waals surface area (Å²) in [6.45, 7) is 3.70. The third kappa shape index (κ3) is 3.51. The number of ether oxygens (including phenoxy) is 4. The second-order valence-corrected chi connectivity index (χ2v) is 6.03. The standard InChI is InChI=1S/C19H26N2O6/c1-8-27-18(22)15-11(2)20(3)19(23)21(4)16(15)12-9-13(24-5)17(26-7)14(10-12)25-6/h9-10,16H,8H2,1-7H3/t16-/m1/s1. The van der Waals surface area contributed by atoms with Gasteiger partial charge in [0.1, 0.15) is 0 Å². The molecular weight excluding hydrogens is 352 g/mol. The molecule has 148 valence electrons. The summed E-state index contributed by atoms with van der Waals surface area (Å²) in [5.74, 6) is 0.837. The molecule has 0 radical (unpaired) electrons. The number of hydrogen-bond acceptors (Lipinski definition) is 6. The van der Waals surface area contributed by atoms with Gasteiger partial charge < -0.3 is 28.7 Å². The van der Waals surface area contributed by atoms with Crippen molar-refractivity contribution in [1.82, 2.24) is 9.80 Å². The predicted octanol–water partition coefficient (Wildman–Crippen LogP) is 2.59. The van der Waals surface area contributed by atoms with Crippen molar-refractivity contribution >= 4 is 12.0 Å². The highest BCUT2D eigenvalue weighted by molar-refractivity contribution is 5.95. The maximum Gasteiger partial charge on any atom is 0.338 e. The van der Waals surface area contributed by atoms with E-state index in [1.165, 1.54) is 31.1 Å². The van der Waals surface area contributed by atoms with Gasteiger partial charge in [-0.25, -0.2) is 9.59 Å². The van der Waals surface area contributed by atoms with Crippen LogP contribution in [0.15, 0.2) is 23.4 Å². The van der Waals surface area contributed by atoms with E-state index in [1.807, 2.05) is 0 Å². The van der Waals surface area contributed by atoms with Crippen LogP contribution in [0.3, 0.4) is 0 Å². The van der Waals surface area contributed by atoms with E-state index < -0.39 is 12.0 Å². The Balaban J connectivity index is 2.72. The predicted molar refractivity (Wildman–Crippen MR) is 99.1 cm³/mol. The number of hydrogen-bond donors (Lipinski definition) is 0. The third-order valence-corrected chi connectivity index (χ3v) is 4.64. The van der Waals surface area contributed by atoms with Crippen LogP contribution in [-0.4, -0.2) is 63.8 Å². The molecule has 1 aromatic carbocycles. The van der Waals surface area contributed by atoms with E-state index in [-0.39, 0.29) is 12.6 Å². The van der Waals surface area contributed by atoms with Gasteiger partial charge in [-0.05, 0) is 31.5 Å². The fourth-order valence-corrected chi connectivity index (χ4v) is 3.18. The molecule has 0 N–H and O–H groups in total. The van der Waals surface area contributed by atoms with Crippen LogP contribution in [0.1, 0.15) is 25.5 Å². The summed E-state index contributed by atoms with van der Waals surface area (Å²) < 4.78 is 21.4. The molecule has 0 fully saturated rings. The fourth-order valence-electron chi connectivity index (χ4n) is 3.18. The highest BCUT2D eigenvalue weighted by Crippen LogP contribution is 2.44. The lowest BCUT2D eigenvalue weighted by Gasteiger charge is -2.39. The quantitative estimate of drug-likeness (QED) is 0.708. The van der Waals surface area contributed by atoms with Gasteiger partial charge in [-0.3, -0.25) is 0 Å². The Morgan fingerprint density at radius 1 is 1.07 bits per heavy atom. The number of allylic oxidation sites excluding steroid dienone is 1. The molecule has 0 saturated heterocycles. The first-order valence-electron chi connectivity index (χ1n) is 8.50. The molecule has 1 aliphatic rings. The summed E-state index contributed by atoms with van der Waals surface area (Å²) >= 11 is 0. The van der Waals surface area contributed by atoms with E-state index in [4.69, 9.17) is 18.9 Å². The maximum absolute atomic E-state index is 12.7. The average Bonchev–Trinajstić information content (AvgIpc) is 2.67. The molecule has 8 heteroatoms. The topological polar surface area (TPSA) is 77.5 Å². The van der Waals surface area contributed by atoms with E-state index in [9.17, 15) is 9.59 Å². The minimum atomic E-state index is -0.651. The molecule has 27 heavy (non-hydrogen) atoms. The number of urea groups is 1. The van der Waals surface area contributed by atoms with Crippen molar-refractivity contribution in [3.63, 3.8) is 0 Å². The summed E-state index contributed by atoms with van der Waals surface area (Å²) in [6.07, 6.45) is 0. The second kappa shape index (κ2) is 8.20. The molecule has 0 aliphatic carbocycles. The summed E-state index contributed by atoms with van der Waals surface area (Å²) in [5, 5.41) is 0. The Kier molecular flexibility index (Phi) is 6.20. The van der Waals surface area contributed by atoms with E-state index in [0.717, 1.165) is 0 Å². The van der Waals surface area contributed by atoms with Crippen molar-refractivity contribution in [2.24, 2.45) is 0 Å². The number of rotatable bonds is 6. The molecule has 0 aromatic heterocycles. The second-order valence-electron chi connectivity index (χ2n) is 6.03. The van der Waals surface area contributed by atoms with Gasteiger partial charge in [-0.2, -0.15) is 0 Å². The number of benzene rings is 1. The molecule has 0 unspecified atom stereocenters. The van der Waals surface area contributed by atoms with E-state index in [1.54, 1.807) is 40.1 Å². The van der Waals surface area contributed by atoms with Crippen molar-refractivity contribution < 1.29 is 28.5 Å². The zero-order chi connectivity index (χ0) is 20.3. The summed E-state index contributed by atoms with van der Waals surface area (Å²) in [7, 11) is 7.80. The number of carbonyl (C=O) groups is 2. The number of amides is 2. The Morgan fingerprint density at radius 2 is 1.63 bits per heavy atom. The molecule has 0 spiro atoms. The first-order valence-corrected chi connectivity index (χ1v) is 8.50. The molecule has 1 aliphatic heterocycles. The summed E-state index contributed by atoms with van der Waals surface area (Å²) in [4.78, 5) is 28.3. The summed E-state index contributed by atoms with van der Waals surface area (Å²) in [6, 6.07) is 2.57. The highest BCUT2D eigenvalue weighted by Gasteiger charge is 2.40. The smallest absolute Gasteiger partial charge is 0.338 e. The van der Waals surface area contributed by atoms with Crippen molar-refractivity contribution in [1.29, 1.82) is 0 Å². The monoisotopic (exact) mass is 378 g/mol. The van der Waals surface area contributed by atoms with E-state index in [2.05, 4.69) is 0 Å². The van der Waals surface area contributed by atoms with Crippen LogP contribution in [0, 0.1) is 0 Å². The molecule has 0 saturated carbocycles. The molecular formula is C19H26N2O6.